The zero-order chi connectivity index (χ0) is 28.5. The van der Waals surface area contributed by atoms with Crippen LogP contribution in [0.4, 0.5) is 19.4 Å². The fourth-order valence-electron chi connectivity index (χ4n) is 4.54. The minimum Gasteiger partial charge on any atom is -0.465 e. The Bertz CT molecular complexity index is 1490. The number of amides is 3. The first kappa shape index (κ1) is 26.9. The molecule has 2 aromatic carbocycles. The Morgan fingerprint density at radius 1 is 0.975 bits per heavy atom. The van der Waals surface area contributed by atoms with E-state index >= 15 is 0 Å². The van der Waals surface area contributed by atoms with Gasteiger partial charge in [0, 0.05) is 24.2 Å². The third-order valence-electron chi connectivity index (χ3n) is 6.79. The highest BCUT2D eigenvalue weighted by Crippen LogP contribution is 2.52. The third-order valence-corrected chi connectivity index (χ3v) is 6.79. The number of pyridine rings is 1. The van der Waals surface area contributed by atoms with Crippen molar-refractivity contribution in [2.24, 2.45) is 0 Å². The van der Waals surface area contributed by atoms with Crippen molar-refractivity contribution < 1.29 is 37.7 Å². The number of ether oxygens (including phenoxy) is 2. The molecular formula is C28H26F2N4O6. The molecule has 3 aromatic rings. The summed E-state index contributed by atoms with van der Waals surface area (Å²) in [4.78, 5) is 41.1. The standard InChI is InChI=1S/C28H26F2N4O6/c1-16-6-9-22(33-23(16)17-4-2-5-18(14-17)24(35)31-12-3-13-32-26(37)38)34-25(36)27(10-11-27)19-7-8-20-21(15-19)40-28(29,30)39-20/h2,4-9,14-15,32H,3,10-13H2,1H3,(H,31,35)(H,37,38)(H,33,34,36). The number of aromatic nitrogens is 1. The maximum atomic E-state index is 13.4. The molecule has 208 valence electrons. The van der Waals surface area contributed by atoms with Crippen molar-refractivity contribution in [3.63, 3.8) is 0 Å². The molecule has 0 bridgehead atoms. The van der Waals surface area contributed by atoms with E-state index in [1.807, 2.05) is 13.0 Å². The monoisotopic (exact) mass is 552 g/mol. The Hall–Kier alpha value is -4.74. The maximum Gasteiger partial charge on any atom is 0.586 e. The first-order valence-corrected chi connectivity index (χ1v) is 12.6. The lowest BCUT2D eigenvalue weighted by molar-refractivity contribution is -0.286. The van der Waals surface area contributed by atoms with E-state index in [4.69, 9.17) is 5.11 Å². The third kappa shape index (κ3) is 5.65. The van der Waals surface area contributed by atoms with E-state index in [1.54, 1.807) is 36.4 Å². The summed E-state index contributed by atoms with van der Waals surface area (Å²) in [5.74, 6) is -0.508. The second-order valence-corrected chi connectivity index (χ2v) is 9.65. The number of rotatable bonds is 9. The number of nitrogens with one attached hydrogen (secondary N) is 3. The molecule has 0 atom stereocenters. The van der Waals surface area contributed by atoms with Crippen molar-refractivity contribution in [2.45, 2.75) is 37.9 Å². The predicted octanol–water partition coefficient (Wildman–Crippen LogP) is 4.44. The van der Waals surface area contributed by atoms with Gasteiger partial charge in [0.15, 0.2) is 11.5 Å². The lowest BCUT2D eigenvalue weighted by atomic mass is 9.94. The Labute approximate surface area is 227 Å². The van der Waals surface area contributed by atoms with Crippen LogP contribution in [-0.4, -0.2) is 47.4 Å². The van der Waals surface area contributed by atoms with Gasteiger partial charge in [0.05, 0.1) is 11.1 Å². The highest BCUT2D eigenvalue weighted by atomic mass is 19.3. The normalized spacial score (nSPS) is 15.7. The van der Waals surface area contributed by atoms with Crippen LogP contribution in [0, 0.1) is 6.92 Å². The Balaban J connectivity index is 1.28. The van der Waals surface area contributed by atoms with Gasteiger partial charge in [-0.05, 0) is 67.6 Å². The molecule has 1 aromatic heterocycles. The van der Waals surface area contributed by atoms with Crippen LogP contribution in [0.3, 0.4) is 0 Å². The van der Waals surface area contributed by atoms with E-state index in [0.717, 1.165) is 5.56 Å². The SMILES string of the molecule is Cc1ccc(NC(=O)C2(c3ccc4c(c3)OC(F)(F)O4)CC2)nc1-c1cccc(C(=O)NCCCNC(=O)O)c1. The zero-order valence-corrected chi connectivity index (χ0v) is 21.4. The second-order valence-electron chi connectivity index (χ2n) is 9.65. The first-order valence-electron chi connectivity index (χ1n) is 12.6. The Kier molecular flexibility index (Phi) is 7.01. The fourth-order valence-corrected chi connectivity index (χ4v) is 4.54. The maximum absolute atomic E-state index is 13.4. The predicted molar refractivity (Wildman–Crippen MR) is 140 cm³/mol. The number of fused-ring (bicyclic) bond motifs is 1. The van der Waals surface area contributed by atoms with Crippen LogP contribution < -0.4 is 25.4 Å². The van der Waals surface area contributed by atoms with Gasteiger partial charge in [0.25, 0.3) is 5.91 Å². The molecule has 1 aliphatic heterocycles. The summed E-state index contributed by atoms with van der Waals surface area (Å²) in [5.41, 5.74) is 2.15. The van der Waals surface area contributed by atoms with Crippen LogP contribution >= 0.6 is 0 Å². The Morgan fingerprint density at radius 3 is 2.48 bits per heavy atom. The van der Waals surface area contributed by atoms with E-state index in [-0.39, 0.29) is 29.9 Å². The summed E-state index contributed by atoms with van der Waals surface area (Å²) >= 11 is 0. The molecule has 0 unspecified atom stereocenters. The second kappa shape index (κ2) is 10.4. The van der Waals surface area contributed by atoms with E-state index in [2.05, 4.69) is 30.4 Å². The molecular weight excluding hydrogens is 526 g/mol. The molecule has 2 aliphatic rings. The van der Waals surface area contributed by atoms with Crippen LogP contribution in [0.1, 0.15) is 40.7 Å². The van der Waals surface area contributed by atoms with Gasteiger partial charge < -0.3 is 30.5 Å². The number of carbonyl (C=O) groups excluding carboxylic acids is 2. The topological polar surface area (TPSA) is 139 Å². The minimum absolute atomic E-state index is 0.0825. The number of nitrogens with zero attached hydrogens (tertiary/aromatic N) is 1. The smallest absolute Gasteiger partial charge is 0.465 e. The average Bonchev–Trinajstić information content (AvgIpc) is 3.66. The summed E-state index contributed by atoms with van der Waals surface area (Å²) in [5, 5.41) is 16.5. The summed E-state index contributed by atoms with van der Waals surface area (Å²) < 4.78 is 35.9. The molecule has 0 spiro atoms. The van der Waals surface area contributed by atoms with Crippen LogP contribution in [-0.2, 0) is 10.2 Å². The summed E-state index contributed by atoms with van der Waals surface area (Å²) in [6.45, 7) is 2.39. The van der Waals surface area contributed by atoms with Gasteiger partial charge in [-0.25, -0.2) is 9.78 Å². The van der Waals surface area contributed by atoms with Crippen molar-refractivity contribution in [3.05, 3.63) is 71.3 Å². The van der Waals surface area contributed by atoms with Crippen LogP contribution in [0.15, 0.2) is 54.6 Å². The fraction of sp³-hybridized carbons (Fsp3) is 0.286. The first-order chi connectivity index (χ1) is 19.1. The molecule has 4 N–H and O–H groups in total. The van der Waals surface area contributed by atoms with Crippen molar-refractivity contribution in [1.82, 2.24) is 15.6 Å². The quantitative estimate of drug-likeness (QED) is 0.288. The van der Waals surface area contributed by atoms with E-state index < -0.39 is 17.8 Å². The van der Waals surface area contributed by atoms with Crippen molar-refractivity contribution in [2.75, 3.05) is 18.4 Å². The number of carbonyl (C=O) groups is 3. The van der Waals surface area contributed by atoms with E-state index in [0.29, 0.717) is 54.0 Å². The average molecular weight is 553 g/mol. The van der Waals surface area contributed by atoms with Gasteiger partial charge >= 0.3 is 12.4 Å². The van der Waals surface area contributed by atoms with Crippen molar-refractivity contribution >= 4 is 23.7 Å². The summed E-state index contributed by atoms with van der Waals surface area (Å²) in [7, 11) is 0. The molecule has 1 aliphatic carbocycles. The van der Waals surface area contributed by atoms with Crippen LogP contribution in [0.5, 0.6) is 11.5 Å². The van der Waals surface area contributed by atoms with Gasteiger partial charge in [-0.1, -0.05) is 24.3 Å². The number of alkyl halides is 2. The molecule has 10 nitrogen and oxygen atoms in total. The molecule has 12 heteroatoms. The molecule has 0 saturated heterocycles. The van der Waals surface area contributed by atoms with Crippen molar-refractivity contribution in [3.8, 4) is 22.8 Å². The van der Waals surface area contributed by atoms with Gasteiger partial charge in [-0.3, -0.25) is 9.59 Å². The zero-order valence-electron chi connectivity index (χ0n) is 21.4. The van der Waals surface area contributed by atoms with Crippen LogP contribution in [0.25, 0.3) is 11.3 Å². The van der Waals surface area contributed by atoms with Gasteiger partial charge in [-0.2, -0.15) is 0 Å². The number of carboxylic acid groups (broad SMARTS) is 1. The van der Waals surface area contributed by atoms with Gasteiger partial charge in [-0.15, -0.1) is 8.78 Å². The number of halogens is 2. The molecule has 40 heavy (non-hydrogen) atoms. The van der Waals surface area contributed by atoms with Gasteiger partial charge in [0.1, 0.15) is 5.82 Å². The molecule has 5 rings (SSSR count). The number of hydrogen-bond donors (Lipinski definition) is 4. The molecule has 2 heterocycles. The highest BCUT2D eigenvalue weighted by molar-refractivity contribution is 6.01. The van der Waals surface area contributed by atoms with Crippen molar-refractivity contribution in [1.29, 1.82) is 0 Å². The van der Waals surface area contributed by atoms with Gasteiger partial charge in [0.2, 0.25) is 5.91 Å². The number of benzene rings is 2. The molecule has 3 amide bonds. The minimum atomic E-state index is -3.74. The lowest BCUT2D eigenvalue weighted by Crippen LogP contribution is -2.29. The number of hydrogen-bond acceptors (Lipinski definition) is 6. The number of anilines is 1. The largest absolute Gasteiger partial charge is 0.586 e. The Morgan fingerprint density at radius 2 is 1.73 bits per heavy atom. The van der Waals surface area contributed by atoms with Crippen LogP contribution in [0.2, 0.25) is 0 Å². The molecule has 1 saturated carbocycles. The lowest BCUT2D eigenvalue weighted by Gasteiger charge is -2.17. The molecule has 1 fully saturated rings. The van der Waals surface area contributed by atoms with E-state index in [1.165, 1.54) is 12.1 Å². The summed E-state index contributed by atoms with van der Waals surface area (Å²) in [6, 6.07) is 14.7. The highest BCUT2D eigenvalue weighted by Gasteiger charge is 2.53. The molecule has 0 radical (unpaired) electrons. The summed E-state index contributed by atoms with van der Waals surface area (Å²) in [6.07, 6.45) is -3.33. The van der Waals surface area contributed by atoms with E-state index in [9.17, 15) is 23.2 Å². The number of aryl methyl sites for hydroxylation is 1.